The highest BCUT2D eigenvalue weighted by molar-refractivity contribution is 4.48. The molecule has 0 spiro atoms. The molecule has 0 radical (unpaired) electrons. The third-order valence-corrected chi connectivity index (χ3v) is 4.22. The Labute approximate surface area is 142 Å². The molecule has 0 amide bonds. The molecule has 0 aromatic rings. The van der Waals surface area contributed by atoms with Crippen LogP contribution in [0.4, 0.5) is 0 Å². The molecule has 0 saturated heterocycles. The molecule has 0 saturated carbocycles. The average Bonchev–Trinajstić information content (AvgIpc) is 2.54. The van der Waals surface area contributed by atoms with Gasteiger partial charge in [0.15, 0.2) is 0 Å². The van der Waals surface area contributed by atoms with Gasteiger partial charge in [0.1, 0.15) is 0 Å². The lowest BCUT2D eigenvalue weighted by atomic mass is 10.1. The minimum absolute atomic E-state index is 0.372. The number of hydrogen-bond acceptors (Lipinski definition) is 1. The zero-order chi connectivity index (χ0) is 16.7. The van der Waals surface area contributed by atoms with Crippen LogP contribution in [-0.2, 0) is 0 Å². The van der Waals surface area contributed by atoms with Gasteiger partial charge in [0, 0.05) is 6.61 Å². The van der Waals surface area contributed by atoms with Crippen LogP contribution in [0.5, 0.6) is 0 Å². The Morgan fingerprint density at radius 3 is 0.864 bits per heavy atom. The van der Waals surface area contributed by atoms with Crippen LogP contribution >= 0.6 is 0 Å². The van der Waals surface area contributed by atoms with E-state index in [4.69, 9.17) is 5.11 Å². The van der Waals surface area contributed by atoms with E-state index < -0.39 is 0 Å². The van der Waals surface area contributed by atoms with Crippen molar-refractivity contribution >= 4 is 0 Å². The predicted octanol–water partition coefficient (Wildman–Crippen LogP) is 7.66. The molecule has 0 fully saturated rings. The van der Waals surface area contributed by atoms with Gasteiger partial charge in [-0.25, -0.2) is 0 Å². The number of rotatable bonds is 16. The van der Waals surface area contributed by atoms with Gasteiger partial charge in [0.25, 0.3) is 0 Å². The van der Waals surface area contributed by atoms with Crippen LogP contribution in [0.3, 0.4) is 0 Å². The molecule has 0 aliphatic carbocycles. The van der Waals surface area contributed by atoms with Crippen molar-refractivity contribution in [3.8, 4) is 0 Å². The Hall–Kier alpha value is -0.0400. The number of unbranched alkanes of at least 4 members (excludes halogenated alkanes) is 15. The Morgan fingerprint density at radius 2 is 0.591 bits per heavy atom. The molecule has 0 unspecified atom stereocenters. The van der Waals surface area contributed by atoms with Crippen molar-refractivity contribution in [1.29, 1.82) is 0 Å². The summed E-state index contributed by atoms with van der Waals surface area (Å²) in [6, 6.07) is 0. The topological polar surface area (TPSA) is 20.2 Å². The molecule has 0 aliphatic heterocycles. The summed E-state index contributed by atoms with van der Waals surface area (Å²) in [6.07, 6.45) is 23.3. The summed E-state index contributed by atoms with van der Waals surface area (Å²) in [4.78, 5) is 0. The second-order valence-corrected chi connectivity index (χ2v) is 6.67. The third kappa shape index (κ3) is 28.2. The second-order valence-electron chi connectivity index (χ2n) is 6.67. The van der Waals surface area contributed by atoms with E-state index in [1.54, 1.807) is 0 Å². The summed E-state index contributed by atoms with van der Waals surface area (Å²) in [7, 11) is 0. The molecule has 0 rings (SSSR count). The molecule has 22 heavy (non-hydrogen) atoms. The van der Waals surface area contributed by atoms with Crippen molar-refractivity contribution in [2.24, 2.45) is 0 Å². The molecule has 0 bridgehead atoms. The van der Waals surface area contributed by atoms with Crippen LogP contribution in [0, 0.1) is 0 Å². The van der Waals surface area contributed by atoms with Crippen LogP contribution in [0.25, 0.3) is 0 Å². The Kier molecular flexibility index (Phi) is 28.5. The summed E-state index contributed by atoms with van der Waals surface area (Å²) in [6.45, 7) is 7.13. The van der Waals surface area contributed by atoms with E-state index in [2.05, 4.69) is 20.8 Å². The average molecular weight is 315 g/mol. The standard InChI is InChI=1S/C14H30O.C7H16/c1-2-3-4-5-6-7-8-9-10-11-12-13-14-15;1-3-5-7-6-4-2/h15H,2-14H2,1H3;3-7H2,1-2H3. The first-order valence-electron chi connectivity index (χ1n) is 10.4. The van der Waals surface area contributed by atoms with E-state index in [1.807, 2.05) is 0 Å². The van der Waals surface area contributed by atoms with Crippen molar-refractivity contribution in [2.75, 3.05) is 6.61 Å². The first kappa shape index (κ1) is 24.2. The van der Waals surface area contributed by atoms with E-state index in [-0.39, 0.29) is 0 Å². The molecule has 0 aromatic heterocycles. The van der Waals surface area contributed by atoms with Crippen LogP contribution in [0.2, 0.25) is 0 Å². The quantitative estimate of drug-likeness (QED) is 0.290. The number of aliphatic hydroxyl groups is 1. The van der Waals surface area contributed by atoms with Crippen molar-refractivity contribution < 1.29 is 5.11 Å². The van der Waals surface area contributed by atoms with Crippen molar-refractivity contribution in [3.63, 3.8) is 0 Å². The summed E-state index contributed by atoms with van der Waals surface area (Å²) < 4.78 is 0. The zero-order valence-corrected chi connectivity index (χ0v) is 16.2. The first-order valence-corrected chi connectivity index (χ1v) is 10.4. The summed E-state index contributed by atoms with van der Waals surface area (Å²) >= 11 is 0. The molecule has 0 aliphatic rings. The largest absolute Gasteiger partial charge is 0.396 e. The van der Waals surface area contributed by atoms with Gasteiger partial charge in [-0.05, 0) is 6.42 Å². The smallest absolute Gasteiger partial charge is 0.0431 e. The highest BCUT2D eigenvalue weighted by Crippen LogP contribution is 2.11. The van der Waals surface area contributed by atoms with Gasteiger partial charge < -0.3 is 5.11 Å². The molecule has 0 aromatic carbocycles. The molecular weight excluding hydrogens is 268 g/mol. The number of aliphatic hydroxyl groups excluding tert-OH is 1. The van der Waals surface area contributed by atoms with E-state index in [0.29, 0.717) is 6.61 Å². The lowest BCUT2D eigenvalue weighted by Crippen LogP contribution is -1.84. The highest BCUT2D eigenvalue weighted by atomic mass is 16.2. The Bertz CT molecular complexity index is 140. The molecule has 136 valence electrons. The minimum atomic E-state index is 0.372. The lowest BCUT2D eigenvalue weighted by Gasteiger charge is -2.01. The molecular formula is C21H46O. The maximum atomic E-state index is 8.61. The van der Waals surface area contributed by atoms with Crippen LogP contribution in [-0.4, -0.2) is 11.7 Å². The fourth-order valence-corrected chi connectivity index (χ4v) is 2.63. The molecule has 1 heteroatoms. The molecule has 0 heterocycles. The third-order valence-electron chi connectivity index (χ3n) is 4.22. The SMILES string of the molecule is CCCCCCC.CCCCCCCCCCCCCCO. The fourth-order valence-electron chi connectivity index (χ4n) is 2.63. The molecule has 1 nitrogen and oxygen atoms in total. The van der Waals surface area contributed by atoms with Gasteiger partial charge >= 0.3 is 0 Å². The van der Waals surface area contributed by atoms with Gasteiger partial charge in [-0.2, -0.15) is 0 Å². The van der Waals surface area contributed by atoms with E-state index >= 15 is 0 Å². The van der Waals surface area contributed by atoms with Crippen molar-refractivity contribution in [1.82, 2.24) is 0 Å². The molecule has 1 N–H and O–H groups in total. The zero-order valence-electron chi connectivity index (χ0n) is 16.2. The lowest BCUT2D eigenvalue weighted by molar-refractivity contribution is 0.282. The monoisotopic (exact) mass is 314 g/mol. The molecule has 0 atom stereocenters. The van der Waals surface area contributed by atoms with Gasteiger partial charge in [-0.15, -0.1) is 0 Å². The van der Waals surface area contributed by atoms with E-state index in [1.165, 1.54) is 103 Å². The minimum Gasteiger partial charge on any atom is -0.396 e. The van der Waals surface area contributed by atoms with Gasteiger partial charge in [0.05, 0.1) is 0 Å². The van der Waals surface area contributed by atoms with E-state index in [9.17, 15) is 0 Å². The predicted molar refractivity (Wildman–Crippen MR) is 103 cm³/mol. The van der Waals surface area contributed by atoms with Gasteiger partial charge in [-0.1, -0.05) is 124 Å². The normalized spacial score (nSPS) is 10.4. The van der Waals surface area contributed by atoms with Crippen molar-refractivity contribution in [2.45, 2.75) is 130 Å². The van der Waals surface area contributed by atoms with Crippen LogP contribution in [0.15, 0.2) is 0 Å². The maximum Gasteiger partial charge on any atom is 0.0431 e. The summed E-state index contributed by atoms with van der Waals surface area (Å²) in [5.41, 5.74) is 0. The Balaban J connectivity index is 0. The Morgan fingerprint density at radius 1 is 0.364 bits per heavy atom. The van der Waals surface area contributed by atoms with E-state index in [0.717, 1.165) is 6.42 Å². The number of hydrogen-bond donors (Lipinski definition) is 1. The maximum absolute atomic E-state index is 8.61. The summed E-state index contributed by atoms with van der Waals surface area (Å²) in [5.74, 6) is 0. The van der Waals surface area contributed by atoms with Crippen LogP contribution < -0.4 is 0 Å². The first-order chi connectivity index (χ1) is 10.8. The van der Waals surface area contributed by atoms with Gasteiger partial charge in [-0.3, -0.25) is 0 Å². The highest BCUT2D eigenvalue weighted by Gasteiger charge is 1.92. The van der Waals surface area contributed by atoms with Gasteiger partial charge in [0.2, 0.25) is 0 Å². The van der Waals surface area contributed by atoms with Crippen molar-refractivity contribution in [3.05, 3.63) is 0 Å². The summed E-state index contributed by atoms with van der Waals surface area (Å²) in [5, 5.41) is 8.61. The fraction of sp³-hybridized carbons (Fsp3) is 1.00. The second kappa shape index (κ2) is 25.9. The van der Waals surface area contributed by atoms with Crippen LogP contribution in [0.1, 0.15) is 130 Å².